The second-order valence-corrected chi connectivity index (χ2v) is 4.74. The number of fused-ring (bicyclic) bond motifs is 1. The number of aromatic nitrogens is 2. The van der Waals surface area contributed by atoms with E-state index in [0.29, 0.717) is 12.2 Å². The predicted molar refractivity (Wildman–Crippen MR) is 72.9 cm³/mol. The number of anilines is 1. The van der Waals surface area contributed by atoms with Gasteiger partial charge in [0.25, 0.3) is 5.56 Å². The van der Waals surface area contributed by atoms with Gasteiger partial charge in [0, 0.05) is 6.42 Å². The molecule has 1 aromatic heterocycles. The van der Waals surface area contributed by atoms with Crippen molar-refractivity contribution < 1.29 is 4.74 Å². The fraction of sp³-hybridized carbons (Fsp3) is 0.231. The maximum atomic E-state index is 11.3. The number of nitrogens with zero attached hydrogens (tertiary/aromatic N) is 1. The molecule has 1 atom stereocenters. The van der Waals surface area contributed by atoms with Crippen molar-refractivity contribution in [2.24, 2.45) is 0 Å². The van der Waals surface area contributed by atoms with Gasteiger partial charge in [0.05, 0.1) is 18.4 Å². The highest BCUT2D eigenvalue weighted by Crippen LogP contribution is 2.28. The van der Waals surface area contributed by atoms with Crippen molar-refractivity contribution >= 4 is 17.3 Å². The van der Waals surface area contributed by atoms with Gasteiger partial charge in [0.15, 0.2) is 0 Å². The van der Waals surface area contributed by atoms with Gasteiger partial charge in [-0.05, 0) is 11.6 Å². The summed E-state index contributed by atoms with van der Waals surface area (Å²) in [7, 11) is 0. The van der Waals surface area contributed by atoms with Gasteiger partial charge in [-0.1, -0.05) is 29.8 Å². The quantitative estimate of drug-likeness (QED) is 0.898. The molecule has 2 aromatic rings. The molecule has 1 unspecified atom stereocenters. The number of aromatic amines is 1. The number of halogens is 1. The summed E-state index contributed by atoms with van der Waals surface area (Å²) < 4.78 is 5.79. The van der Waals surface area contributed by atoms with Gasteiger partial charge in [0.2, 0.25) is 0 Å². The number of ether oxygens (including phenoxy) is 1. The van der Waals surface area contributed by atoms with Crippen LogP contribution in [0.25, 0.3) is 0 Å². The normalized spacial score (nSPS) is 16.8. The largest absolute Gasteiger partial charge is 0.488 e. The Labute approximate surface area is 114 Å². The van der Waals surface area contributed by atoms with Crippen molar-refractivity contribution in [3.8, 4) is 5.75 Å². The maximum Gasteiger partial charge on any atom is 0.285 e. The van der Waals surface area contributed by atoms with Crippen molar-refractivity contribution in [2.45, 2.75) is 12.5 Å². The predicted octanol–water partition coefficient (Wildman–Crippen LogP) is 1.84. The Morgan fingerprint density at radius 1 is 1.47 bits per heavy atom. The summed E-state index contributed by atoms with van der Waals surface area (Å²) in [6, 6.07) is 7.95. The van der Waals surface area contributed by atoms with Gasteiger partial charge in [-0.25, -0.2) is 5.10 Å². The average molecular weight is 278 g/mol. The molecule has 98 valence electrons. The Kier molecular flexibility index (Phi) is 3.13. The van der Waals surface area contributed by atoms with Crippen LogP contribution in [0.15, 0.2) is 35.3 Å². The van der Waals surface area contributed by atoms with Crippen molar-refractivity contribution in [3.63, 3.8) is 0 Å². The van der Waals surface area contributed by atoms with Gasteiger partial charge in [-0.2, -0.15) is 5.10 Å². The van der Waals surface area contributed by atoms with E-state index in [1.807, 2.05) is 18.2 Å². The molecule has 1 aliphatic heterocycles. The Balaban J connectivity index is 1.66. The Hall–Kier alpha value is -2.01. The molecule has 0 saturated carbocycles. The standard InChI is InChI=1S/C13H12ClN3O2/c14-12-10(7-16-17-13(12)18)15-6-9-5-8-3-1-2-4-11(8)19-9/h1-4,7,9H,5-6H2,(H2,15,17,18). The minimum atomic E-state index is -0.401. The molecule has 19 heavy (non-hydrogen) atoms. The lowest BCUT2D eigenvalue weighted by molar-refractivity contribution is 0.246. The van der Waals surface area contributed by atoms with E-state index in [1.165, 1.54) is 11.8 Å². The van der Waals surface area contributed by atoms with Crippen LogP contribution in [-0.2, 0) is 6.42 Å². The molecule has 1 aliphatic rings. The third-order valence-electron chi connectivity index (χ3n) is 3.03. The molecular formula is C13H12ClN3O2. The molecule has 0 amide bonds. The number of H-pyrrole nitrogens is 1. The van der Waals surface area contributed by atoms with Gasteiger partial charge >= 0.3 is 0 Å². The third-order valence-corrected chi connectivity index (χ3v) is 3.40. The zero-order valence-electron chi connectivity index (χ0n) is 10.0. The summed E-state index contributed by atoms with van der Waals surface area (Å²) in [5, 5.41) is 9.19. The van der Waals surface area contributed by atoms with Gasteiger partial charge in [0.1, 0.15) is 16.9 Å². The van der Waals surface area contributed by atoms with Crippen LogP contribution in [0.3, 0.4) is 0 Å². The van der Waals surface area contributed by atoms with Crippen molar-refractivity contribution in [2.75, 3.05) is 11.9 Å². The summed E-state index contributed by atoms with van der Waals surface area (Å²) in [6.45, 7) is 0.569. The first kappa shape index (κ1) is 12.0. The van der Waals surface area contributed by atoms with E-state index in [1.54, 1.807) is 0 Å². The molecule has 5 nitrogen and oxygen atoms in total. The lowest BCUT2D eigenvalue weighted by Gasteiger charge is -2.13. The van der Waals surface area contributed by atoms with Crippen LogP contribution in [0.1, 0.15) is 5.56 Å². The van der Waals surface area contributed by atoms with E-state index < -0.39 is 5.56 Å². The minimum absolute atomic E-state index is 0.0350. The van der Waals surface area contributed by atoms with Crippen LogP contribution < -0.4 is 15.6 Å². The van der Waals surface area contributed by atoms with E-state index in [9.17, 15) is 4.79 Å². The zero-order chi connectivity index (χ0) is 13.2. The molecule has 3 rings (SSSR count). The minimum Gasteiger partial charge on any atom is -0.488 e. The van der Waals surface area contributed by atoms with E-state index in [2.05, 4.69) is 21.6 Å². The fourth-order valence-corrected chi connectivity index (χ4v) is 2.26. The number of hydrogen-bond acceptors (Lipinski definition) is 4. The lowest BCUT2D eigenvalue weighted by atomic mass is 10.1. The van der Waals surface area contributed by atoms with E-state index in [4.69, 9.17) is 16.3 Å². The topological polar surface area (TPSA) is 67.0 Å². The average Bonchev–Trinajstić information content (AvgIpc) is 2.83. The highest BCUT2D eigenvalue weighted by molar-refractivity contribution is 6.32. The first-order valence-electron chi connectivity index (χ1n) is 5.95. The molecular weight excluding hydrogens is 266 g/mol. The fourth-order valence-electron chi connectivity index (χ4n) is 2.10. The molecule has 6 heteroatoms. The summed E-state index contributed by atoms with van der Waals surface area (Å²) in [4.78, 5) is 11.3. The summed E-state index contributed by atoms with van der Waals surface area (Å²) in [5.41, 5.74) is 1.32. The number of benzene rings is 1. The smallest absolute Gasteiger partial charge is 0.285 e. The molecule has 0 radical (unpaired) electrons. The van der Waals surface area contributed by atoms with Gasteiger partial charge in [-0.3, -0.25) is 4.79 Å². The first-order valence-corrected chi connectivity index (χ1v) is 6.33. The van der Waals surface area contributed by atoms with Crippen LogP contribution in [0.4, 0.5) is 5.69 Å². The Morgan fingerprint density at radius 2 is 2.32 bits per heavy atom. The lowest BCUT2D eigenvalue weighted by Crippen LogP contribution is -2.25. The van der Waals surface area contributed by atoms with Crippen molar-refractivity contribution in [3.05, 3.63) is 51.4 Å². The SMILES string of the molecule is O=c1[nH]ncc(NCC2Cc3ccccc3O2)c1Cl. The summed E-state index contributed by atoms with van der Waals surface area (Å²) in [5.74, 6) is 0.921. The Morgan fingerprint density at radius 3 is 3.16 bits per heavy atom. The molecule has 0 aliphatic carbocycles. The Bertz CT molecular complexity index is 631. The van der Waals surface area contributed by atoms with E-state index in [0.717, 1.165) is 12.2 Å². The first-order chi connectivity index (χ1) is 9.24. The van der Waals surface area contributed by atoms with Crippen LogP contribution in [0.5, 0.6) is 5.75 Å². The molecule has 2 heterocycles. The van der Waals surface area contributed by atoms with E-state index in [-0.39, 0.29) is 11.1 Å². The number of hydrogen-bond donors (Lipinski definition) is 2. The second kappa shape index (κ2) is 4.93. The van der Waals surface area contributed by atoms with Gasteiger partial charge < -0.3 is 10.1 Å². The number of rotatable bonds is 3. The molecule has 0 fully saturated rings. The third kappa shape index (κ3) is 2.42. The van der Waals surface area contributed by atoms with Crippen LogP contribution >= 0.6 is 11.6 Å². The van der Waals surface area contributed by atoms with Crippen molar-refractivity contribution in [1.82, 2.24) is 10.2 Å². The highest BCUT2D eigenvalue weighted by atomic mass is 35.5. The van der Waals surface area contributed by atoms with Crippen LogP contribution in [-0.4, -0.2) is 22.8 Å². The van der Waals surface area contributed by atoms with E-state index >= 15 is 0 Å². The number of nitrogens with one attached hydrogen (secondary N) is 2. The van der Waals surface area contributed by atoms with Crippen molar-refractivity contribution in [1.29, 1.82) is 0 Å². The maximum absolute atomic E-state index is 11.3. The zero-order valence-corrected chi connectivity index (χ0v) is 10.8. The summed E-state index contributed by atoms with van der Waals surface area (Å²) in [6.07, 6.45) is 2.37. The second-order valence-electron chi connectivity index (χ2n) is 4.36. The summed E-state index contributed by atoms with van der Waals surface area (Å²) >= 11 is 5.88. The van der Waals surface area contributed by atoms with Gasteiger partial charge in [-0.15, -0.1) is 0 Å². The monoisotopic (exact) mass is 277 g/mol. The molecule has 0 spiro atoms. The van der Waals surface area contributed by atoms with Crippen LogP contribution in [0, 0.1) is 0 Å². The molecule has 0 bridgehead atoms. The molecule has 2 N–H and O–H groups in total. The van der Waals surface area contributed by atoms with Crippen LogP contribution in [0.2, 0.25) is 5.02 Å². The molecule has 0 saturated heterocycles. The highest BCUT2D eigenvalue weighted by Gasteiger charge is 2.22. The molecule has 1 aromatic carbocycles. The number of para-hydroxylation sites is 1.